The molecule has 2 aromatic rings. The number of nitrogens with zero attached hydrogens (tertiary/aromatic N) is 1. The van der Waals surface area contributed by atoms with E-state index in [0.29, 0.717) is 5.89 Å². The minimum Gasteiger partial charge on any atom is -0.478 e. The van der Waals surface area contributed by atoms with Gasteiger partial charge in [-0.1, -0.05) is 45.9 Å². The molecule has 28 heavy (non-hydrogen) atoms. The van der Waals surface area contributed by atoms with Gasteiger partial charge in [-0.3, -0.25) is 0 Å². The van der Waals surface area contributed by atoms with Crippen molar-refractivity contribution in [2.75, 3.05) is 0 Å². The van der Waals surface area contributed by atoms with Crippen LogP contribution in [0.25, 0.3) is 6.08 Å². The van der Waals surface area contributed by atoms with Gasteiger partial charge in [0.1, 0.15) is 5.76 Å². The molecule has 1 atom stereocenters. The first-order valence-electron chi connectivity index (χ1n) is 10.2. The van der Waals surface area contributed by atoms with Crippen LogP contribution in [0.3, 0.4) is 0 Å². The first-order chi connectivity index (χ1) is 13.2. The summed E-state index contributed by atoms with van der Waals surface area (Å²) in [5, 5.41) is 8.86. The molecule has 0 fully saturated rings. The Hall–Kier alpha value is -2.36. The predicted octanol–water partition coefficient (Wildman–Crippen LogP) is 5.59. The summed E-state index contributed by atoms with van der Waals surface area (Å²) in [5.41, 5.74) is 5.59. The van der Waals surface area contributed by atoms with Crippen molar-refractivity contribution in [1.82, 2.24) is 4.98 Å². The zero-order chi connectivity index (χ0) is 20.1. The minimum absolute atomic E-state index is 0.178. The van der Waals surface area contributed by atoms with E-state index in [2.05, 4.69) is 50.9 Å². The predicted molar refractivity (Wildman–Crippen MR) is 110 cm³/mol. The van der Waals surface area contributed by atoms with Crippen LogP contribution >= 0.6 is 0 Å². The van der Waals surface area contributed by atoms with Crippen molar-refractivity contribution in [1.29, 1.82) is 0 Å². The second-order valence-corrected chi connectivity index (χ2v) is 9.55. The van der Waals surface area contributed by atoms with Crippen molar-refractivity contribution in [3.05, 3.63) is 58.3 Å². The van der Waals surface area contributed by atoms with Crippen LogP contribution in [-0.4, -0.2) is 16.1 Å². The maximum Gasteiger partial charge on any atom is 0.328 e. The fourth-order valence-electron chi connectivity index (χ4n) is 4.80. The SMILES string of the molecule is CC1(C)CCC(C)(C)c2cc(C3CCCc4oc(/C=C/C(=O)O)nc43)ccc21. The van der Waals surface area contributed by atoms with Gasteiger partial charge in [-0.2, -0.15) is 0 Å². The zero-order valence-electron chi connectivity index (χ0n) is 17.2. The number of fused-ring (bicyclic) bond motifs is 2. The number of hydrogen-bond acceptors (Lipinski definition) is 3. The van der Waals surface area contributed by atoms with Gasteiger partial charge in [0, 0.05) is 24.5 Å². The standard InChI is InChI=1S/C24H29NO3/c1-23(2)12-13-24(3,4)18-14-15(8-9-17(18)23)16-6-5-7-19-22(16)25-20(28-19)10-11-21(26)27/h8-11,14,16H,5-7,12-13H2,1-4H3,(H,26,27)/b11-10+. The highest BCUT2D eigenvalue weighted by Crippen LogP contribution is 2.47. The normalized spacial score (nSPS) is 22.6. The summed E-state index contributed by atoms with van der Waals surface area (Å²) < 4.78 is 5.83. The molecule has 1 aromatic heterocycles. The number of carboxylic acid groups (broad SMARTS) is 1. The summed E-state index contributed by atoms with van der Waals surface area (Å²) in [5.74, 6) is 0.509. The molecule has 0 saturated heterocycles. The van der Waals surface area contributed by atoms with Crippen molar-refractivity contribution in [2.24, 2.45) is 0 Å². The second-order valence-electron chi connectivity index (χ2n) is 9.55. The number of carbonyl (C=O) groups is 1. The molecule has 0 aliphatic heterocycles. The third-order valence-corrected chi connectivity index (χ3v) is 6.62. The maximum absolute atomic E-state index is 10.8. The molecule has 2 aliphatic rings. The highest BCUT2D eigenvalue weighted by Gasteiger charge is 2.38. The van der Waals surface area contributed by atoms with E-state index in [1.807, 2.05) is 0 Å². The molecule has 0 saturated carbocycles. The van der Waals surface area contributed by atoms with Gasteiger partial charge >= 0.3 is 5.97 Å². The minimum atomic E-state index is -0.993. The van der Waals surface area contributed by atoms with Crippen molar-refractivity contribution in [3.8, 4) is 0 Å². The number of benzene rings is 1. The van der Waals surface area contributed by atoms with E-state index in [9.17, 15) is 4.79 Å². The highest BCUT2D eigenvalue weighted by atomic mass is 16.4. The lowest BCUT2D eigenvalue weighted by Crippen LogP contribution is -2.34. The summed E-state index contributed by atoms with van der Waals surface area (Å²) in [6.07, 6.45) is 7.89. The van der Waals surface area contributed by atoms with Crippen LogP contribution in [0, 0.1) is 0 Å². The van der Waals surface area contributed by atoms with E-state index >= 15 is 0 Å². The average Bonchev–Trinajstić information content (AvgIpc) is 3.07. The van der Waals surface area contributed by atoms with Gasteiger partial charge in [-0.05, 0) is 53.2 Å². The van der Waals surface area contributed by atoms with Crippen LogP contribution in [0.15, 0.2) is 28.7 Å². The van der Waals surface area contributed by atoms with Gasteiger partial charge in [0.2, 0.25) is 5.89 Å². The van der Waals surface area contributed by atoms with Crippen molar-refractivity contribution < 1.29 is 14.3 Å². The molecule has 4 rings (SSSR count). The molecule has 0 amide bonds. The van der Waals surface area contributed by atoms with Crippen molar-refractivity contribution in [3.63, 3.8) is 0 Å². The first kappa shape index (κ1) is 19.0. The molecular weight excluding hydrogens is 350 g/mol. The zero-order valence-corrected chi connectivity index (χ0v) is 17.2. The van der Waals surface area contributed by atoms with E-state index in [0.717, 1.165) is 36.8 Å². The lowest BCUT2D eigenvalue weighted by atomic mass is 9.62. The van der Waals surface area contributed by atoms with E-state index < -0.39 is 5.97 Å². The highest BCUT2D eigenvalue weighted by molar-refractivity contribution is 5.84. The quantitative estimate of drug-likeness (QED) is 0.706. The summed E-state index contributed by atoms with van der Waals surface area (Å²) in [4.78, 5) is 15.4. The average molecular weight is 380 g/mol. The molecule has 4 nitrogen and oxygen atoms in total. The summed E-state index contributed by atoms with van der Waals surface area (Å²) in [6.45, 7) is 9.39. The molecule has 4 heteroatoms. The maximum atomic E-state index is 10.8. The van der Waals surface area contributed by atoms with E-state index in [4.69, 9.17) is 9.52 Å². The number of aliphatic carboxylic acids is 1. The molecule has 1 unspecified atom stereocenters. The number of rotatable bonds is 3. The van der Waals surface area contributed by atoms with Gasteiger partial charge in [0.05, 0.1) is 5.69 Å². The first-order valence-corrected chi connectivity index (χ1v) is 10.2. The summed E-state index contributed by atoms with van der Waals surface area (Å²) >= 11 is 0. The topological polar surface area (TPSA) is 63.3 Å². The van der Waals surface area contributed by atoms with Gasteiger partial charge in [0.25, 0.3) is 0 Å². The largest absolute Gasteiger partial charge is 0.478 e. The Morgan fingerprint density at radius 3 is 2.61 bits per heavy atom. The van der Waals surface area contributed by atoms with Crippen LogP contribution in [0.5, 0.6) is 0 Å². The monoisotopic (exact) mass is 379 g/mol. The Bertz CT molecular complexity index is 949. The van der Waals surface area contributed by atoms with Gasteiger partial charge in [0.15, 0.2) is 0 Å². The third-order valence-electron chi connectivity index (χ3n) is 6.62. The van der Waals surface area contributed by atoms with Crippen LogP contribution in [0.4, 0.5) is 0 Å². The fraction of sp³-hybridized carbons (Fsp3) is 0.500. The number of carboxylic acids is 1. The number of aryl methyl sites for hydroxylation is 1. The lowest BCUT2D eigenvalue weighted by molar-refractivity contribution is -0.131. The molecule has 1 N–H and O–H groups in total. The van der Waals surface area contributed by atoms with E-state index in [-0.39, 0.29) is 16.7 Å². The summed E-state index contributed by atoms with van der Waals surface area (Å²) in [7, 11) is 0. The summed E-state index contributed by atoms with van der Waals surface area (Å²) in [6, 6.07) is 6.99. The molecular formula is C24H29NO3. The lowest BCUT2D eigenvalue weighted by Gasteiger charge is -2.42. The van der Waals surface area contributed by atoms with E-state index in [1.54, 1.807) is 0 Å². The second kappa shape index (κ2) is 6.61. The molecule has 1 aromatic carbocycles. The Balaban J connectivity index is 1.75. The fourth-order valence-corrected chi connectivity index (χ4v) is 4.80. The van der Waals surface area contributed by atoms with Gasteiger partial charge in [-0.15, -0.1) is 0 Å². The van der Waals surface area contributed by atoms with Crippen LogP contribution in [-0.2, 0) is 22.0 Å². The molecule has 148 valence electrons. The Kier molecular flexibility index (Phi) is 4.48. The van der Waals surface area contributed by atoms with Gasteiger partial charge < -0.3 is 9.52 Å². The molecule has 1 heterocycles. The Morgan fingerprint density at radius 2 is 1.89 bits per heavy atom. The number of oxazole rings is 1. The van der Waals surface area contributed by atoms with Crippen LogP contribution in [0.1, 0.15) is 93.3 Å². The Labute approximate surface area is 166 Å². The molecule has 2 aliphatic carbocycles. The van der Waals surface area contributed by atoms with Crippen molar-refractivity contribution in [2.45, 2.75) is 76.5 Å². The molecule has 0 radical (unpaired) electrons. The molecule has 0 spiro atoms. The Morgan fingerprint density at radius 1 is 1.18 bits per heavy atom. The van der Waals surface area contributed by atoms with Crippen LogP contribution < -0.4 is 0 Å². The number of hydrogen-bond donors (Lipinski definition) is 1. The molecule has 0 bridgehead atoms. The van der Waals surface area contributed by atoms with Crippen LogP contribution in [0.2, 0.25) is 0 Å². The third kappa shape index (κ3) is 3.30. The van der Waals surface area contributed by atoms with E-state index in [1.165, 1.54) is 35.6 Å². The van der Waals surface area contributed by atoms with Gasteiger partial charge in [-0.25, -0.2) is 9.78 Å². The number of aromatic nitrogens is 1. The van der Waals surface area contributed by atoms with Crippen molar-refractivity contribution >= 4 is 12.0 Å². The smallest absolute Gasteiger partial charge is 0.328 e.